The van der Waals surface area contributed by atoms with Gasteiger partial charge < -0.3 is 10.4 Å². The highest BCUT2D eigenvalue weighted by Gasteiger charge is 2.00. The Labute approximate surface area is 112 Å². The third kappa shape index (κ3) is 2.52. The molecule has 0 saturated carbocycles. The lowest BCUT2D eigenvalue weighted by molar-refractivity contribution is 0.474. The molecule has 2 nitrogen and oxygen atoms in total. The number of fused-ring (bicyclic) bond motifs is 1. The summed E-state index contributed by atoms with van der Waals surface area (Å²) in [6, 6.07) is 21.8. The fourth-order valence-corrected chi connectivity index (χ4v) is 2.24. The second-order valence-electron chi connectivity index (χ2n) is 4.55. The van der Waals surface area contributed by atoms with Crippen LogP contribution in [0.5, 0.6) is 5.75 Å². The SMILES string of the molecule is Oc1cccc(CNc2cccc3ccccc23)c1. The second kappa shape index (κ2) is 5.02. The largest absolute Gasteiger partial charge is 0.508 e. The molecular weight excluding hydrogens is 234 g/mol. The molecule has 0 spiro atoms. The minimum atomic E-state index is 0.303. The van der Waals surface area contributed by atoms with Crippen LogP contribution in [0.1, 0.15) is 5.56 Å². The molecule has 0 radical (unpaired) electrons. The highest BCUT2D eigenvalue weighted by atomic mass is 16.3. The molecule has 0 aromatic heterocycles. The number of benzene rings is 3. The Morgan fingerprint density at radius 2 is 1.63 bits per heavy atom. The van der Waals surface area contributed by atoms with Gasteiger partial charge in [0.2, 0.25) is 0 Å². The fraction of sp³-hybridized carbons (Fsp3) is 0.0588. The molecule has 0 saturated heterocycles. The van der Waals surface area contributed by atoms with Crippen LogP contribution in [0.4, 0.5) is 5.69 Å². The average Bonchev–Trinajstić information content (AvgIpc) is 2.45. The van der Waals surface area contributed by atoms with Crippen LogP contribution in [0.25, 0.3) is 10.8 Å². The van der Waals surface area contributed by atoms with E-state index in [1.54, 1.807) is 12.1 Å². The molecule has 3 aromatic rings. The van der Waals surface area contributed by atoms with Gasteiger partial charge in [-0.3, -0.25) is 0 Å². The predicted molar refractivity (Wildman–Crippen MR) is 79.4 cm³/mol. The number of phenolic OH excluding ortho intramolecular Hbond substituents is 1. The van der Waals surface area contributed by atoms with E-state index >= 15 is 0 Å². The van der Waals surface area contributed by atoms with Gasteiger partial charge in [-0.1, -0.05) is 48.5 Å². The topological polar surface area (TPSA) is 32.3 Å². The van der Waals surface area contributed by atoms with Crippen LogP contribution < -0.4 is 5.32 Å². The van der Waals surface area contributed by atoms with Crippen molar-refractivity contribution in [3.05, 3.63) is 72.3 Å². The standard InChI is InChI=1S/C17H15NO/c19-15-8-3-5-13(11-15)12-18-17-10-4-7-14-6-1-2-9-16(14)17/h1-11,18-19H,12H2. The molecule has 0 bridgehead atoms. The zero-order chi connectivity index (χ0) is 13.1. The van der Waals surface area contributed by atoms with Crippen molar-refractivity contribution >= 4 is 16.5 Å². The average molecular weight is 249 g/mol. The van der Waals surface area contributed by atoms with E-state index in [4.69, 9.17) is 0 Å². The maximum absolute atomic E-state index is 9.45. The predicted octanol–water partition coefficient (Wildman–Crippen LogP) is 4.16. The minimum absolute atomic E-state index is 0.303. The summed E-state index contributed by atoms with van der Waals surface area (Å²) >= 11 is 0. The Balaban J connectivity index is 1.86. The zero-order valence-electron chi connectivity index (χ0n) is 10.5. The van der Waals surface area contributed by atoms with E-state index in [1.807, 2.05) is 30.3 Å². The molecule has 0 atom stereocenters. The number of anilines is 1. The van der Waals surface area contributed by atoms with Crippen LogP contribution in [-0.4, -0.2) is 5.11 Å². The number of rotatable bonds is 3. The molecule has 0 unspecified atom stereocenters. The smallest absolute Gasteiger partial charge is 0.115 e. The van der Waals surface area contributed by atoms with Crippen molar-refractivity contribution < 1.29 is 5.11 Å². The van der Waals surface area contributed by atoms with Gasteiger partial charge in [-0.25, -0.2) is 0 Å². The van der Waals surface area contributed by atoms with E-state index in [-0.39, 0.29) is 0 Å². The second-order valence-corrected chi connectivity index (χ2v) is 4.55. The van der Waals surface area contributed by atoms with Crippen molar-refractivity contribution in [3.63, 3.8) is 0 Å². The van der Waals surface area contributed by atoms with Crippen LogP contribution in [0, 0.1) is 0 Å². The van der Waals surface area contributed by atoms with Crippen molar-refractivity contribution in [2.75, 3.05) is 5.32 Å². The molecular formula is C17H15NO. The molecule has 0 amide bonds. The van der Waals surface area contributed by atoms with Crippen LogP contribution in [-0.2, 0) is 6.54 Å². The first-order valence-corrected chi connectivity index (χ1v) is 6.32. The van der Waals surface area contributed by atoms with Gasteiger partial charge in [-0.15, -0.1) is 0 Å². The maximum atomic E-state index is 9.45. The summed E-state index contributed by atoms with van der Waals surface area (Å²) in [5.41, 5.74) is 2.18. The summed E-state index contributed by atoms with van der Waals surface area (Å²) in [5, 5.41) is 15.3. The van der Waals surface area contributed by atoms with Gasteiger partial charge in [0.05, 0.1) is 0 Å². The Morgan fingerprint density at radius 1 is 0.842 bits per heavy atom. The Hall–Kier alpha value is -2.48. The van der Waals surface area contributed by atoms with Gasteiger partial charge in [0.1, 0.15) is 5.75 Å². The van der Waals surface area contributed by atoms with Gasteiger partial charge >= 0.3 is 0 Å². The highest BCUT2D eigenvalue weighted by Crippen LogP contribution is 2.23. The van der Waals surface area contributed by atoms with Crippen molar-refractivity contribution in [1.29, 1.82) is 0 Å². The normalized spacial score (nSPS) is 10.5. The van der Waals surface area contributed by atoms with E-state index < -0.39 is 0 Å². The van der Waals surface area contributed by atoms with E-state index in [0.29, 0.717) is 12.3 Å². The summed E-state index contributed by atoms with van der Waals surface area (Å²) in [7, 11) is 0. The molecule has 2 heteroatoms. The highest BCUT2D eigenvalue weighted by molar-refractivity contribution is 5.93. The summed E-state index contributed by atoms with van der Waals surface area (Å²) in [4.78, 5) is 0. The number of aromatic hydroxyl groups is 1. The summed E-state index contributed by atoms with van der Waals surface area (Å²) in [6.07, 6.45) is 0. The van der Waals surface area contributed by atoms with Crippen molar-refractivity contribution in [2.45, 2.75) is 6.54 Å². The summed E-state index contributed by atoms with van der Waals surface area (Å²) < 4.78 is 0. The first-order chi connectivity index (χ1) is 9.33. The van der Waals surface area contributed by atoms with Crippen molar-refractivity contribution in [1.82, 2.24) is 0 Å². The van der Waals surface area contributed by atoms with Crippen LogP contribution in [0.15, 0.2) is 66.7 Å². The molecule has 94 valence electrons. The van der Waals surface area contributed by atoms with Gasteiger partial charge in [0, 0.05) is 17.6 Å². The van der Waals surface area contributed by atoms with E-state index in [1.165, 1.54) is 10.8 Å². The monoisotopic (exact) mass is 249 g/mol. The summed E-state index contributed by atoms with van der Waals surface area (Å²) in [6.45, 7) is 0.697. The first kappa shape index (κ1) is 11.6. The van der Waals surface area contributed by atoms with E-state index in [2.05, 4.69) is 29.6 Å². The number of nitrogens with one attached hydrogen (secondary N) is 1. The Kier molecular flexibility index (Phi) is 3.07. The number of hydrogen-bond acceptors (Lipinski definition) is 2. The molecule has 0 heterocycles. The first-order valence-electron chi connectivity index (χ1n) is 6.32. The van der Waals surface area contributed by atoms with Gasteiger partial charge in [-0.05, 0) is 29.1 Å². The molecule has 0 aliphatic rings. The van der Waals surface area contributed by atoms with Crippen LogP contribution in [0.2, 0.25) is 0 Å². The zero-order valence-corrected chi connectivity index (χ0v) is 10.5. The molecule has 19 heavy (non-hydrogen) atoms. The Morgan fingerprint density at radius 3 is 2.53 bits per heavy atom. The third-order valence-electron chi connectivity index (χ3n) is 3.18. The van der Waals surface area contributed by atoms with E-state index in [0.717, 1.165) is 11.3 Å². The third-order valence-corrected chi connectivity index (χ3v) is 3.18. The van der Waals surface area contributed by atoms with Gasteiger partial charge in [0.15, 0.2) is 0 Å². The lowest BCUT2D eigenvalue weighted by Gasteiger charge is -2.10. The quantitative estimate of drug-likeness (QED) is 0.730. The lowest BCUT2D eigenvalue weighted by Crippen LogP contribution is -1.99. The van der Waals surface area contributed by atoms with Crippen LogP contribution >= 0.6 is 0 Å². The van der Waals surface area contributed by atoms with Crippen molar-refractivity contribution in [2.24, 2.45) is 0 Å². The number of phenols is 1. The molecule has 0 aliphatic heterocycles. The Bertz CT molecular complexity index is 701. The molecule has 3 rings (SSSR count). The van der Waals surface area contributed by atoms with Crippen molar-refractivity contribution in [3.8, 4) is 5.75 Å². The fourth-order valence-electron chi connectivity index (χ4n) is 2.24. The lowest BCUT2D eigenvalue weighted by atomic mass is 10.1. The van der Waals surface area contributed by atoms with E-state index in [9.17, 15) is 5.11 Å². The van der Waals surface area contributed by atoms with Crippen LogP contribution in [0.3, 0.4) is 0 Å². The molecule has 0 aliphatic carbocycles. The molecule has 0 fully saturated rings. The maximum Gasteiger partial charge on any atom is 0.115 e. The number of hydrogen-bond donors (Lipinski definition) is 2. The van der Waals surface area contributed by atoms with Gasteiger partial charge in [-0.2, -0.15) is 0 Å². The molecule has 3 aromatic carbocycles. The summed E-state index contributed by atoms with van der Waals surface area (Å²) in [5.74, 6) is 0.303. The minimum Gasteiger partial charge on any atom is -0.508 e. The van der Waals surface area contributed by atoms with Gasteiger partial charge in [0.25, 0.3) is 0 Å². The molecule has 2 N–H and O–H groups in total.